The Balaban J connectivity index is 1.83. The van der Waals surface area contributed by atoms with Crippen LogP contribution in [0.25, 0.3) is 11.3 Å². The first-order chi connectivity index (χ1) is 11.5. The van der Waals surface area contributed by atoms with Crippen LogP contribution < -0.4 is 10.6 Å². The average molecular weight is 364 g/mol. The summed E-state index contributed by atoms with van der Waals surface area (Å²) in [7, 11) is 0. The number of rotatable bonds is 6. The second kappa shape index (κ2) is 8.84. The van der Waals surface area contributed by atoms with Gasteiger partial charge >= 0.3 is 6.03 Å². The fourth-order valence-electron chi connectivity index (χ4n) is 1.83. The number of thioether (sulfide) groups is 1. The molecule has 5 nitrogen and oxygen atoms in total. The lowest BCUT2D eigenvalue weighted by molar-refractivity contribution is -0.117. The molecule has 2 aromatic rings. The summed E-state index contributed by atoms with van der Waals surface area (Å²) in [6, 6.07) is 7.75. The van der Waals surface area contributed by atoms with Gasteiger partial charge in [0.25, 0.3) is 0 Å². The second-order valence-corrected chi connectivity index (χ2v) is 7.56. The number of imide groups is 1. The highest BCUT2D eigenvalue weighted by atomic mass is 32.2. The number of benzene rings is 1. The molecule has 0 saturated carbocycles. The Hall–Kier alpha value is -1.86. The van der Waals surface area contributed by atoms with Crippen molar-refractivity contribution in [3.8, 4) is 11.3 Å². The van der Waals surface area contributed by atoms with Crippen LogP contribution in [0.5, 0.6) is 0 Å². The fourth-order valence-corrected chi connectivity index (χ4v) is 3.47. The fraction of sp³-hybridized carbons (Fsp3) is 0.353. The zero-order valence-electron chi connectivity index (χ0n) is 14.0. The van der Waals surface area contributed by atoms with Crippen LogP contribution in [-0.2, 0) is 4.79 Å². The molecule has 24 heavy (non-hydrogen) atoms. The Labute approximate surface area is 150 Å². The SMILES string of the molecule is CC[C@@H](C)NC(=O)NC(=O)CSc1nc(-c2ccc(C)cc2)cs1. The van der Waals surface area contributed by atoms with Gasteiger partial charge in [-0.05, 0) is 20.3 Å². The number of nitrogens with zero attached hydrogens (tertiary/aromatic N) is 1. The van der Waals surface area contributed by atoms with Gasteiger partial charge in [-0.15, -0.1) is 11.3 Å². The molecule has 0 saturated heterocycles. The largest absolute Gasteiger partial charge is 0.335 e. The first kappa shape index (κ1) is 18.5. The number of carbonyl (C=O) groups excluding carboxylic acids is 2. The number of hydrogen-bond acceptors (Lipinski definition) is 5. The van der Waals surface area contributed by atoms with Crippen LogP contribution in [0.2, 0.25) is 0 Å². The summed E-state index contributed by atoms with van der Waals surface area (Å²) in [6.45, 7) is 5.90. The van der Waals surface area contributed by atoms with Crippen LogP contribution in [0.3, 0.4) is 0 Å². The third-order valence-electron chi connectivity index (χ3n) is 3.40. The Bertz CT molecular complexity index is 698. The van der Waals surface area contributed by atoms with E-state index in [1.807, 2.05) is 50.4 Å². The van der Waals surface area contributed by atoms with Crippen LogP contribution >= 0.6 is 23.1 Å². The van der Waals surface area contributed by atoms with E-state index in [-0.39, 0.29) is 17.7 Å². The van der Waals surface area contributed by atoms with Gasteiger partial charge in [-0.3, -0.25) is 10.1 Å². The van der Waals surface area contributed by atoms with Crippen LogP contribution in [0.4, 0.5) is 4.79 Å². The molecule has 2 rings (SSSR count). The minimum Gasteiger partial charge on any atom is -0.335 e. The Morgan fingerprint density at radius 3 is 2.67 bits per heavy atom. The lowest BCUT2D eigenvalue weighted by Gasteiger charge is -2.11. The summed E-state index contributed by atoms with van der Waals surface area (Å²) in [4.78, 5) is 27.9. The summed E-state index contributed by atoms with van der Waals surface area (Å²) in [5, 5.41) is 7.00. The number of aryl methyl sites for hydroxylation is 1. The molecule has 0 fully saturated rings. The molecule has 2 N–H and O–H groups in total. The molecule has 7 heteroatoms. The minimum atomic E-state index is -0.450. The average Bonchev–Trinajstić information content (AvgIpc) is 3.02. The summed E-state index contributed by atoms with van der Waals surface area (Å²) in [5.74, 6) is -0.165. The van der Waals surface area contributed by atoms with Gasteiger partial charge in [0.2, 0.25) is 5.91 Å². The van der Waals surface area contributed by atoms with Gasteiger partial charge < -0.3 is 5.32 Å². The van der Waals surface area contributed by atoms with Crippen LogP contribution in [0.15, 0.2) is 34.0 Å². The summed E-state index contributed by atoms with van der Waals surface area (Å²) >= 11 is 2.82. The van der Waals surface area contributed by atoms with E-state index in [1.54, 1.807) is 0 Å². The zero-order chi connectivity index (χ0) is 17.5. The molecule has 1 heterocycles. The highest BCUT2D eigenvalue weighted by molar-refractivity contribution is 8.01. The van der Waals surface area contributed by atoms with Gasteiger partial charge in [0.15, 0.2) is 4.34 Å². The minimum absolute atomic E-state index is 0.0430. The summed E-state index contributed by atoms with van der Waals surface area (Å²) < 4.78 is 0.808. The lowest BCUT2D eigenvalue weighted by atomic mass is 10.1. The van der Waals surface area contributed by atoms with Gasteiger partial charge in [0.05, 0.1) is 11.4 Å². The maximum absolute atomic E-state index is 11.8. The Morgan fingerprint density at radius 1 is 1.29 bits per heavy atom. The molecule has 0 aliphatic heterocycles. The van der Waals surface area contributed by atoms with Crippen LogP contribution in [-0.4, -0.2) is 28.7 Å². The van der Waals surface area contributed by atoms with Gasteiger partial charge in [0, 0.05) is 17.0 Å². The van der Waals surface area contributed by atoms with E-state index >= 15 is 0 Å². The molecule has 0 spiro atoms. The van der Waals surface area contributed by atoms with Crippen molar-refractivity contribution in [2.45, 2.75) is 37.6 Å². The molecule has 0 bridgehead atoms. The van der Waals surface area contributed by atoms with Crippen molar-refractivity contribution >= 4 is 35.0 Å². The van der Waals surface area contributed by atoms with Crippen molar-refractivity contribution in [3.63, 3.8) is 0 Å². The van der Waals surface area contributed by atoms with Crippen molar-refractivity contribution in [3.05, 3.63) is 35.2 Å². The first-order valence-electron chi connectivity index (χ1n) is 7.73. The van der Waals surface area contributed by atoms with Crippen molar-refractivity contribution in [1.82, 2.24) is 15.6 Å². The number of hydrogen-bond donors (Lipinski definition) is 2. The van der Waals surface area contributed by atoms with Crippen molar-refractivity contribution in [1.29, 1.82) is 0 Å². The first-order valence-corrected chi connectivity index (χ1v) is 9.60. The molecule has 128 valence electrons. The van der Waals surface area contributed by atoms with E-state index in [2.05, 4.69) is 15.6 Å². The molecule has 1 aromatic carbocycles. The zero-order valence-corrected chi connectivity index (χ0v) is 15.6. The predicted octanol–water partition coefficient (Wildman–Crippen LogP) is 3.83. The Kier molecular flexibility index (Phi) is 6.81. The summed E-state index contributed by atoms with van der Waals surface area (Å²) in [5.41, 5.74) is 3.16. The Morgan fingerprint density at radius 2 is 2.00 bits per heavy atom. The molecule has 3 amide bonds. The van der Waals surface area contributed by atoms with Crippen LogP contribution in [0.1, 0.15) is 25.8 Å². The van der Waals surface area contributed by atoms with Crippen molar-refractivity contribution in [2.75, 3.05) is 5.75 Å². The third kappa shape index (κ3) is 5.65. The standard InChI is InChI=1S/C17H21N3O2S2/c1-4-12(3)18-16(22)20-15(21)10-24-17-19-14(9-23-17)13-7-5-11(2)6-8-13/h5-9,12H,4,10H2,1-3H3,(H2,18,20,21,22)/t12-/m1/s1. The normalized spacial score (nSPS) is 11.8. The monoisotopic (exact) mass is 363 g/mol. The molecule has 0 aliphatic carbocycles. The number of aromatic nitrogens is 1. The van der Waals surface area contributed by atoms with E-state index in [1.165, 1.54) is 28.7 Å². The van der Waals surface area contributed by atoms with E-state index < -0.39 is 6.03 Å². The van der Waals surface area contributed by atoms with Crippen LogP contribution in [0, 0.1) is 6.92 Å². The van der Waals surface area contributed by atoms with E-state index in [4.69, 9.17) is 0 Å². The second-order valence-electron chi connectivity index (χ2n) is 5.48. The predicted molar refractivity (Wildman–Crippen MR) is 99.4 cm³/mol. The van der Waals surface area contributed by atoms with Gasteiger partial charge in [-0.1, -0.05) is 48.5 Å². The quantitative estimate of drug-likeness (QED) is 0.765. The number of urea groups is 1. The number of nitrogens with one attached hydrogen (secondary N) is 2. The topological polar surface area (TPSA) is 71.1 Å². The molecular formula is C17H21N3O2S2. The molecular weight excluding hydrogens is 342 g/mol. The van der Waals surface area contributed by atoms with Crippen molar-refractivity contribution in [2.24, 2.45) is 0 Å². The van der Waals surface area contributed by atoms with E-state index in [0.717, 1.165) is 22.0 Å². The number of amides is 3. The summed E-state index contributed by atoms with van der Waals surface area (Å²) in [6.07, 6.45) is 0.817. The maximum Gasteiger partial charge on any atom is 0.321 e. The number of thiazole rings is 1. The molecule has 0 radical (unpaired) electrons. The molecule has 1 aromatic heterocycles. The van der Waals surface area contributed by atoms with Gasteiger partial charge in [0.1, 0.15) is 0 Å². The van der Waals surface area contributed by atoms with Gasteiger partial charge in [-0.2, -0.15) is 0 Å². The van der Waals surface area contributed by atoms with Gasteiger partial charge in [-0.25, -0.2) is 9.78 Å². The number of carbonyl (C=O) groups is 2. The molecule has 0 aliphatic rings. The smallest absolute Gasteiger partial charge is 0.321 e. The van der Waals surface area contributed by atoms with E-state index in [9.17, 15) is 9.59 Å². The lowest BCUT2D eigenvalue weighted by Crippen LogP contribution is -2.43. The maximum atomic E-state index is 11.8. The van der Waals surface area contributed by atoms with E-state index in [0.29, 0.717) is 0 Å². The molecule has 0 unspecified atom stereocenters. The third-order valence-corrected chi connectivity index (χ3v) is 5.42. The highest BCUT2D eigenvalue weighted by Gasteiger charge is 2.12. The van der Waals surface area contributed by atoms with Crippen molar-refractivity contribution < 1.29 is 9.59 Å². The highest BCUT2D eigenvalue weighted by Crippen LogP contribution is 2.28. The molecule has 1 atom stereocenters.